The van der Waals surface area contributed by atoms with Crippen LogP contribution in [0.2, 0.25) is 0 Å². The Morgan fingerprint density at radius 2 is 1.73 bits per heavy atom. The van der Waals surface area contributed by atoms with Crippen LogP contribution in [0, 0.1) is 17.3 Å². The number of hydrogen-bond donors (Lipinski definition) is 1. The lowest BCUT2D eigenvalue weighted by molar-refractivity contribution is 0.0582. The van der Waals surface area contributed by atoms with E-state index < -0.39 is 0 Å². The molecule has 0 heterocycles. The van der Waals surface area contributed by atoms with E-state index in [9.17, 15) is 5.11 Å². The Balaban J connectivity index is 2.18. The summed E-state index contributed by atoms with van der Waals surface area (Å²) in [4.78, 5) is 0. The third-order valence-corrected chi connectivity index (χ3v) is 4.10. The van der Waals surface area contributed by atoms with Crippen molar-refractivity contribution in [3.05, 3.63) is 35.9 Å². The molecule has 1 N–H and O–H groups in total. The quantitative estimate of drug-likeness (QED) is 0.647. The third kappa shape index (κ3) is 8.55. The number of benzene rings is 1. The largest absolute Gasteiger partial charge is 0.393 e. The Bertz CT molecular complexity index is 394. The summed E-state index contributed by atoms with van der Waals surface area (Å²) in [6.07, 6.45) is 2.73. The highest BCUT2D eigenvalue weighted by Crippen LogP contribution is 2.28. The fraction of sp³-hybridized carbons (Fsp3) is 0.700. The first-order valence-electron chi connectivity index (χ1n) is 8.57. The highest BCUT2D eigenvalue weighted by Gasteiger charge is 2.22. The van der Waals surface area contributed by atoms with Gasteiger partial charge in [-0.25, -0.2) is 0 Å². The van der Waals surface area contributed by atoms with Crippen LogP contribution in [0.25, 0.3) is 0 Å². The van der Waals surface area contributed by atoms with Gasteiger partial charge in [-0.15, -0.1) is 0 Å². The molecule has 2 nitrogen and oxygen atoms in total. The Hall–Kier alpha value is -0.860. The first kappa shape index (κ1) is 19.2. The number of rotatable bonds is 9. The van der Waals surface area contributed by atoms with Crippen molar-refractivity contribution >= 4 is 0 Å². The molecule has 126 valence electrons. The Morgan fingerprint density at radius 3 is 2.32 bits per heavy atom. The highest BCUT2D eigenvalue weighted by molar-refractivity contribution is 5.13. The average Bonchev–Trinajstić information content (AvgIpc) is 2.43. The number of aliphatic hydroxyl groups is 1. The summed E-state index contributed by atoms with van der Waals surface area (Å²) < 4.78 is 5.73. The maximum absolute atomic E-state index is 10.3. The maximum Gasteiger partial charge on any atom is 0.0716 e. The van der Waals surface area contributed by atoms with Crippen LogP contribution in [-0.2, 0) is 11.3 Å². The normalized spacial score (nSPS) is 16.3. The van der Waals surface area contributed by atoms with E-state index in [1.54, 1.807) is 0 Å². The van der Waals surface area contributed by atoms with E-state index in [-0.39, 0.29) is 11.5 Å². The molecule has 0 bridgehead atoms. The lowest BCUT2D eigenvalue weighted by atomic mass is 9.81. The highest BCUT2D eigenvalue weighted by atomic mass is 16.5. The second-order valence-corrected chi connectivity index (χ2v) is 7.98. The fourth-order valence-electron chi connectivity index (χ4n) is 2.91. The van der Waals surface area contributed by atoms with Crippen LogP contribution in [0.4, 0.5) is 0 Å². The molecule has 0 aliphatic rings. The van der Waals surface area contributed by atoms with Gasteiger partial charge in [0.1, 0.15) is 0 Å². The Kier molecular flexibility index (Phi) is 8.13. The monoisotopic (exact) mass is 306 g/mol. The number of hydrogen-bond acceptors (Lipinski definition) is 2. The van der Waals surface area contributed by atoms with Gasteiger partial charge in [0.15, 0.2) is 0 Å². The van der Waals surface area contributed by atoms with Crippen molar-refractivity contribution < 1.29 is 9.84 Å². The topological polar surface area (TPSA) is 29.5 Å². The molecule has 22 heavy (non-hydrogen) atoms. The predicted molar refractivity (Wildman–Crippen MR) is 93.7 cm³/mol. The molecule has 1 aromatic carbocycles. The fourth-order valence-corrected chi connectivity index (χ4v) is 2.91. The van der Waals surface area contributed by atoms with Gasteiger partial charge in [0.05, 0.1) is 12.7 Å². The minimum Gasteiger partial charge on any atom is -0.393 e. The van der Waals surface area contributed by atoms with E-state index in [4.69, 9.17) is 4.74 Å². The number of ether oxygens (including phenoxy) is 1. The zero-order valence-electron chi connectivity index (χ0n) is 15.0. The van der Waals surface area contributed by atoms with Crippen LogP contribution in [0.5, 0.6) is 0 Å². The van der Waals surface area contributed by atoms with Gasteiger partial charge >= 0.3 is 0 Å². The molecule has 0 amide bonds. The molecule has 1 aromatic rings. The molecular weight excluding hydrogens is 272 g/mol. The van der Waals surface area contributed by atoms with Crippen molar-refractivity contribution in [1.29, 1.82) is 0 Å². The molecule has 0 unspecified atom stereocenters. The van der Waals surface area contributed by atoms with Crippen LogP contribution < -0.4 is 0 Å². The van der Waals surface area contributed by atoms with Crippen molar-refractivity contribution in [3.63, 3.8) is 0 Å². The van der Waals surface area contributed by atoms with Gasteiger partial charge in [-0.1, -0.05) is 65.0 Å². The van der Waals surface area contributed by atoms with Crippen molar-refractivity contribution in [2.45, 2.75) is 66.6 Å². The smallest absolute Gasteiger partial charge is 0.0716 e. The van der Waals surface area contributed by atoms with Crippen LogP contribution in [0.3, 0.4) is 0 Å². The van der Waals surface area contributed by atoms with E-state index in [1.807, 2.05) is 18.2 Å². The van der Waals surface area contributed by atoms with Gasteiger partial charge in [0, 0.05) is 6.61 Å². The minimum absolute atomic E-state index is 0.205. The molecule has 0 fully saturated rings. The number of aliphatic hydroxyl groups excluding tert-OH is 1. The summed E-state index contributed by atoms with van der Waals surface area (Å²) in [6.45, 7) is 12.5. The molecule has 0 radical (unpaired) electrons. The molecule has 0 aliphatic carbocycles. The summed E-state index contributed by atoms with van der Waals surface area (Å²) in [6, 6.07) is 10.3. The molecule has 0 spiro atoms. The molecule has 0 saturated carbocycles. The van der Waals surface area contributed by atoms with Gasteiger partial charge in [-0.3, -0.25) is 0 Å². The van der Waals surface area contributed by atoms with Crippen LogP contribution >= 0.6 is 0 Å². The maximum atomic E-state index is 10.3. The summed E-state index contributed by atoms with van der Waals surface area (Å²) >= 11 is 0. The van der Waals surface area contributed by atoms with Gasteiger partial charge < -0.3 is 9.84 Å². The summed E-state index contributed by atoms with van der Waals surface area (Å²) in [7, 11) is 0. The standard InChI is InChI=1S/C20H34O2/c1-16(13-19(21)17(2)14-20(3,4)5)11-12-22-15-18-9-7-6-8-10-18/h6-10,16-17,19,21H,11-15H2,1-5H3/t16-,17-,19-/m0/s1. The SMILES string of the molecule is C[C@@H](CCOCc1ccccc1)C[C@H](O)[C@@H](C)CC(C)(C)C. The zero-order chi connectivity index (χ0) is 16.6. The van der Waals surface area contributed by atoms with E-state index in [1.165, 1.54) is 5.56 Å². The van der Waals surface area contributed by atoms with Crippen molar-refractivity contribution in [2.75, 3.05) is 6.61 Å². The van der Waals surface area contributed by atoms with E-state index in [0.717, 1.165) is 25.9 Å². The average molecular weight is 306 g/mol. The summed E-state index contributed by atoms with van der Waals surface area (Å²) in [5.41, 5.74) is 1.50. The van der Waals surface area contributed by atoms with Gasteiger partial charge in [-0.05, 0) is 42.1 Å². The first-order chi connectivity index (χ1) is 10.3. The molecular formula is C20H34O2. The predicted octanol–water partition coefficient (Wildman–Crippen LogP) is 5.05. The summed E-state index contributed by atoms with van der Waals surface area (Å²) in [5, 5.41) is 10.3. The first-order valence-corrected chi connectivity index (χ1v) is 8.57. The van der Waals surface area contributed by atoms with Crippen LogP contribution in [0.15, 0.2) is 30.3 Å². The second kappa shape index (κ2) is 9.32. The van der Waals surface area contributed by atoms with Crippen molar-refractivity contribution in [3.8, 4) is 0 Å². The lowest BCUT2D eigenvalue weighted by Gasteiger charge is -2.28. The van der Waals surface area contributed by atoms with Crippen LogP contribution in [-0.4, -0.2) is 17.8 Å². The van der Waals surface area contributed by atoms with E-state index in [0.29, 0.717) is 18.4 Å². The molecule has 2 heteroatoms. The van der Waals surface area contributed by atoms with Crippen molar-refractivity contribution in [2.24, 2.45) is 17.3 Å². The van der Waals surface area contributed by atoms with Gasteiger partial charge in [-0.2, -0.15) is 0 Å². The molecule has 3 atom stereocenters. The van der Waals surface area contributed by atoms with Crippen molar-refractivity contribution in [1.82, 2.24) is 0 Å². The lowest BCUT2D eigenvalue weighted by Crippen LogP contribution is -2.25. The van der Waals surface area contributed by atoms with Gasteiger partial charge in [0.2, 0.25) is 0 Å². The van der Waals surface area contributed by atoms with E-state index in [2.05, 4.69) is 46.8 Å². The zero-order valence-corrected chi connectivity index (χ0v) is 15.0. The molecule has 0 saturated heterocycles. The summed E-state index contributed by atoms with van der Waals surface area (Å²) in [5.74, 6) is 0.848. The molecule has 0 aromatic heterocycles. The Morgan fingerprint density at radius 1 is 1.09 bits per heavy atom. The Labute approximate surface area is 136 Å². The van der Waals surface area contributed by atoms with Gasteiger partial charge in [0.25, 0.3) is 0 Å². The second-order valence-electron chi connectivity index (χ2n) is 7.98. The van der Waals surface area contributed by atoms with Crippen LogP contribution in [0.1, 0.15) is 59.4 Å². The third-order valence-electron chi connectivity index (χ3n) is 4.10. The molecule has 0 aliphatic heterocycles. The molecule has 1 rings (SSSR count). The minimum atomic E-state index is -0.205. The van der Waals surface area contributed by atoms with E-state index >= 15 is 0 Å².